The van der Waals surface area contributed by atoms with Gasteiger partial charge in [-0.25, -0.2) is 9.37 Å². The van der Waals surface area contributed by atoms with Crippen LogP contribution in [0.3, 0.4) is 0 Å². The molecule has 0 aliphatic carbocycles. The van der Waals surface area contributed by atoms with Gasteiger partial charge in [-0.15, -0.1) is 0 Å². The van der Waals surface area contributed by atoms with Crippen molar-refractivity contribution in [2.24, 2.45) is 0 Å². The Labute approximate surface area is 170 Å². The van der Waals surface area contributed by atoms with Crippen LogP contribution in [0, 0.1) is 5.82 Å². The number of fused-ring (bicyclic) bond motifs is 1. The Kier molecular flexibility index (Phi) is 5.48. The highest BCUT2D eigenvalue weighted by atomic mass is 35.5. The van der Waals surface area contributed by atoms with Crippen molar-refractivity contribution in [2.45, 2.75) is 18.9 Å². The summed E-state index contributed by atoms with van der Waals surface area (Å²) in [5, 5.41) is 0.599. The quantitative estimate of drug-likeness (QED) is 0.587. The minimum absolute atomic E-state index is 0.0704. The molecule has 28 heavy (non-hydrogen) atoms. The fourth-order valence-corrected chi connectivity index (χ4v) is 4.48. The zero-order valence-electron chi connectivity index (χ0n) is 15.2. The van der Waals surface area contributed by atoms with Gasteiger partial charge in [0.05, 0.1) is 35.0 Å². The summed E-state index contributed by atoms with van der Waals surface area (Å²) in [6.45, 7) is 1.03. The number of amides is 1. The van der Waals surface area contributed by atoms with E-state index in [2.05, 4.69) is 4.98 Å². The molecule has 2 heterocycles. The molecule has 0 saturated carbocycles. The first kappa shape index (κ1) is 19.1. The number of benzene rings is 2. The molecule has 3 aromatic rings. The molecule has 146 valence electrons. The van der Waals surface area contributed by atoms with Crippen molar-refractivity contribution in [2.75, 3.05) is 25.2 Å². The van der Waals surface area contributed by atoms with E-state index in [9.17, 15) is 9.18 Å². The number of rotatable bonds is 5. The van der Waals surface area contributed by atoms with E-state index in [1.54, 1.807) is 12.0 Å². The highest BCUT2D eigenvalue weighted by Crippen LogP contribution is 2.35. The van der Waals surface area contributed by atoms with Crippen molar-refractivity contribution in [3.63, 3.8) is 0 Å². The SMILES string of the molecule is COc1cccc2sc(N(CC3CCCO3)C(=O)c3ccc(F)cc3Cl)nc12. The van der Waals surface area contributed by atoms with Crippen molar-refractivity contribution in [3.8, 4) is 5.75 Å². The lowest BCUT2D eigenvalue weighted by Gasteiger charge is -2.23. The van der Waals surface area contributed by atoms with E-state index < -0.39 is 5.82 Å². The van der Waals surface area contributed by atoms with Gasteiger partial charge in [0.15, 0.2) is 5.13 Å². The largest absolute Gasteiger partial charge is 0.494 e. The number of carbonyl (C=O) groups excluding carboxylic acids is 1. The Morgan fingerprint density at radius 2 is 2.29 bits per heavy atom. The van der Waals surface area contributed by atoms with E-state index in [-0.39, 0.29) is 22.6 Å². The molecule has 1 fully saturated rings. The number of hydrogen-bond acceptors (Lipinski definition) is 5. The fourth-order valence-electron chi connectivity index (χ4n) is 3.24. The summed E-state index contributed by atoms with van der Waals surface area (Å²) in [4.78, 5) is 19.5. The van der Waals surface area contributed by atoms with Gasteiger partial charge < -0.3 is 9.47 Å². The van der Waals surface area contributed by atoms with Crippen molar-refractivity contribution < 1.29 is 18.7 Å². The molecule has 1 aliphatic rings. The molecule has 0 N–H and O–H groups in total. The Hall–Kier alpha value is -2.22. The summed E-state index contributed by atoms with van der Waals surface area (Å²) in [6.07, 6.45) is 1.75. The number of methoxy groups -OCH3 is 1. The Balaban J connectivity index is 1.75. The van der Waals surface area contributed by atoms with Crippen LogP contribution in [0.15, 0.2) is 36.4 Å². The highest BCUT2D eigenvalue weighted by Gasteiger charge is 2.28. The second kappa shape index (κ2) is 8.03. The molecule has 2 aromatic carbocycles. The molecule has 4 rings (SSSR count). The number of ether oxygens (including phenoxy) is 2. The van der Waals surface area contributed by atoms with E-state index in [0.717, 1.165) is 23.6 Å². The fraction of sp³-hybridized carbons (Fsp3) is 0.300. The third-order valence-electron chi connectivity index (χ3n) is 4.64. The first-order chi connectivity index (χ1) is 13.6. The van der Waals surface area contributed by atoms with Gasteiger partial charge in [0.2, 0.25) is 0 Å². The van der Waals surface area contributed by atoms with Crippen LogP contribution in [0.25, 0.3) is 10.2 Å². The van der Waals surface area contributed by atoms with Gasteiger partial charge in [-0.2, -0.15) is 0 Å². The second-order valence-electron chi connectivity index (χ2n) is 6.48. The van der Waals surface area contributed by atoms with Crippen LogP contribution in [0.4, 0.5) is 9.52 Å². The van der Waals surface area contributed by atoms with Gasteiger partial charge in [0.25, 0.3) is 5.91 Å². The van der Waals surface area contributed by atoms with Gasteiger partial charge in [-0.1, -0.05) is 29.0 Å². The maximum absolute atomic E-state index is 13.4. The summed E-state index contributed by atoms with van der Waals surface area (Å²) in [6, 6.07) is 9.40. The van der Waals surface area contributed by atoms with Gasteiger partial charge in [-0.05, 0) is 43.2 Å². The standard InChI is InChI=1S/C20H18ClFN2O3S/c1-26-16-5-2-6-17-18(16)23-20(28-17)24(11-13-4-3-9-27-13)19(25)14-8-7-12(22)10-15(14)21/h2,5-8,10,13H,3-4,9,11H2,1H3. The van der Waals surface area contributed by atoms with Crippen LogP contribution in [-0.2, 0) is 4.74 Å². The lowest BCUT2D eigenvalue weighted by molar-refractivity contribution is 0.0917. The third kappa shape index (κ3) is 3.70. The number of anilines is 1. The predicted octanol–water partition coefficient (Wildman–Crippen LogP) is 4.92. The van der Waals surface area contributed by atoms with E-state index in [4.69, 9.17) is 21.1 Å². The van der Waals surface area contributed by atoms with E-state index in [1.165, 1.54) is 23.5 Å². The number of hydrogen-bond donors (Lipinski definition) is 0. The number of para-hydroxylation sites is 1. The molecular formula is C20H18ClFN2O3S. The van der Waals surface area contributed by atoms with Crippen LogP contribution in [0.5, 0.6) is 5.75 Å². The van der Waals surface area contributed by atoms with Crippen LogP contribution in [-0.4, -0.2) is 37.3 Å². The lowest BCUT2D eigenvalue weighted by Crippen LogP contribution is -2.37. The minimum Gasteiger partial charge on any atom is -0.494 e. The second-order valence-corrected chi connectivity index (χ2v) is 7.89. The molecule has 1 atom stereocenters. The maximum atomic E-state index is 13.4. The smallest absolute Gasteiger partial charge is 0.261 e. The Bertz CT molecular complexity index is 1020. The average molecular weight is 421 g/mol. The highest BCUT2D eigenvalue weighted by molar-refractivity contribution is 7.22. The summed E-state index contributed by atoms with van der Waals surface area (Å²) < 4.78 is 25.4. The van der Waals surface area contributed by atoms with Crippen molar-refractivity contribution in [1.29, 1.82) is 0 Å². The molecular weight excluding hydrogens is 403 g/mol. The molecule has 8 heteroatoms. The molecule has 1 saturated heterocycles. The monoisotopic (exact) mass is 420 g/mol. The molecule has 1 amide bonds. The van der Waals surface area contributed by atoms with Crippen molar-refractivity contribution in [1.82, 2.24) is 4.98 Å². The predicted molar refractivity (Wildman–Crippen MR) is 108 cm³/mol. The maximum Gasteiger partial charge on any atom is 0.261 e. The summed E-state index contributed by atoms with van der Waals surface area (Å²) in [7, 11) is 1.58. The van der Waals surface area contributed by atoms with E-state index >= 15 is 0 Å². The molecule has 5 nitrogen and oxygen atoms in total. The number of carbonyl (C=O) groups is 1. The molecule has 1 aliphatic heterocycles. The minimum atomic E-state index is -0.489. The van der Waals surface area contributed by atoms with Crippen LogP contribution < -0.4 is 9.64 Å². The molecule has 0 spiro atoms. The molecule has 1 unspecified atom stereocenters. The number of nitrogens with zero attached hydrogens (tertiary/aromatic N) is 2. The number of aromatic nitrogens is 1. The van der Waals surface area contributed by atoms with E-state index in [1.807, 2.05) is 18.2 Å². The van der Waals surface area contributed by atoms with E-state index in [0.29, 0.717) is 29.5 Å². The van der Waals surface area contributed by atoms with Gasteiger partial charge >= 0.3 is 0 Å². The molecule has 0 bridgehead atoms. The summed E-state index contributed by atoms with van der Waals surface area (Å²) >= 11 is 7.53. The average Bonchev–Trinajstić information content (AvgIpc) is 3.34. The summed E-state index contributed by atoms with van der Waals surface area (Å²) in [5.41, 5.74) is 0.924. The first-order valence-corrected chi connectivity index (χ1v) is 10.1. The van der Waals surface area contributed by atoms with Gasteiger partial charge in [0, 0.05) is 6.61 Å². The van der Waals surface area contributed by atoms with Crippen molar-refractivity contribution in [3.05, 3.63) is 52.8 Å². The number of halogens is 2. The van der Waals surface area contributed by atoms with Crippen molar-refractivity contribution >= 4 is 44.2 Å². The normalized spacial score (nSPS) is 16.5. The summed E-state index contributed by atoms with van der Waals surface area (Å²) in [5.74, 6) is -0.181. The zero-order chi connectivity index (χ0) is 19.7. The van der Waals surface area contributed by atoms with Crippen LogP contribution in [0.2, 0.25) is 5.02 Å². The molecule has 0 radical (unpaired) electrons. The number of thiazole rings is 1. The van der Waals surface area contributed by atoms with Gasteiger partial charge in [-0.3, -0.25) is 9.69 Å². The van der Waals surface area contributed by atoms with Crippen LogP contribution in [0.1, 0.15) is 23.2 Å². The first-order valence-electron chi connectivity index (χ1n) is 8.89. The molecule has 1 aromatic heterocycles. The Morgan fingerprint density at radius 3 is 3.00 bits per heavy atom. The Morgan fingerprint density at radius 1 is 1.43 bits per heavy atom. The zero-order valence-corrected chi connectivity index (χ0v) is 16.7. The third-order valence-corrected chi connectivity index (χ3v) is 5.99. The lowest BCUT2D eigenvalue weighted by atomic mass is 10.1. The van der Waals surface area contributed by atoms with Crippen LogP contribution >= 0.6 is 22.9 Å². The topological polar surface area (TPSA) is 51.7 Å². The van der Waals surface area contributed by atoms with Gasteiger partial charge in [0.1, 0.15) is 17.1 Å².